The van der Waals surface area contributed by atoms with E-state index in [0.717, 1.165) is 0 Å². The van der Waals surface area contributed by atoms with Crippen molar-refractivity contribution in [3.63, 3.8) is 0 Å². The van der Waals surface area contributed by atoms with Gasteiger partial charge in [0.15, 0.2) is 5.78 Å². The highest BCUT2D eigenvalue weighted by Gasteiger charge is 2.26. The number of nitrogens with one attached hydrogen (secondary N) is 1. The van der Waals surface area contributed by atoms with E-state index in [1.807, 2.05) is 20.8 Å². The number of ether oxygens (including phenoxy) is 4. The summed E-state index contributed by atoms with van der Waals surface area (Å²) in [6.07, 6.45) is 0. The van der Waals surface area contributed by atoms with Crippen LogP contribution < -0.4 is 24.3 Å². The summed E-state index contributed by atoms with van der Waals surface area (Å²) >= 11 is 6.44. The van der Waals surface area contributed by atoms with E-state index >= 15 is 0 Å². The molecule has 0 bridgehead atoms. The second kappa shape index (κ2) is 13.4. The first-order valence-corrected chi connectivity index (χ1v) is 11.4. The van der Waals surface area contributed by atoms with Crippen molar-refractivity contribution in [2.75, 3.05) is 31.7 Å². The van der Waals surface area contributed by atoms with Gasteiger partial charge in [0, 0.05) is 18.2 Å². The van der Waals surface area contributed by atoms with Gasteiger partial charge in [0.25, 0.3) is 5.91 Å². The van der Waals surface area contributed by atoms with Crippen LogP contribution in [0.25, 0.3) is 0 Å². The lowest BCUT2D eigenvalue weighted by atomic mass is 10.2. The Hall–Kier alpha value is -3.33. The molecule has 0 aliphatic heterocycles. The first-order valence-electron chi connectivity index (χ1n) is 11.0. The molecule has 2 aromatic carbocycles. The topological polar surface area (TPSA) is 108 Å². The third kappa shape index (κ3) is 7.34. The van der Waals surface area contributed by atoms with Gasteiger partial charge in [-0.15, -0.1) is 0 Å². The molecule has 2 aromatic rings. The summed E-state index contributed by atoms with van der Waals surface area (Å²) in [5, 5.41) is 10.9. The summed E-state index contributed by atoms with van der Waals surface area (Å²) in [6, 6.07) is 6.88. The van der Waals surface area contributed by atoms with Gasteiger partial charge < -0.3 is 24.3 Å². The standard InChI is InChI=1S/C24H30ClN3O6/c1-6-31-17-12-16(13-18(14-17)32-7-2)27-28-22(15(5)29)24(30)26-23-20(34-9-4)11-10-19(21(23)25)33-8-3/h10-14,22H,6-9H2,1-5H3,(H,26,30). The van der Waals surface area contributed by atoms with Crippen LogP contribution in [0, 0.1) is 0 Å². The molecule has 0 radical (unpaired) electrons. The first kappa shape index (κ1) is 26.9. The number of carbonyl (C=O) groups excluding carboxylic acids is 2. The van der Waals surface area contributed by atoms with Gasteiger partial charge >= 0.3 is 0 Å². The minimum Gasteiger partial charge on any atom is -0.494 e. The SMILES string of the molecule is CCOc1cc(N=NC(C(C)=O)C(=O)Nc2c(OCC)ccc(OCC)c2Cl)cc(OCC)c1. The Morgan fingerprint density at radius 1 is 0.882 bits per heavy atom. The Kier molecular flexibility index (Phi) is 10.6. The van der Waals surface area contributed by atoms with Crippen LogP contribution in [0.1, 0.15) is 34.6 Å². The molecule has 0 saturated carbocycles. The van der Waals surface area contributed by atoms with Crippen molar-refractivity contribution in [3.8, 4) is 23.0 Å². The van der Waals surface area contributed by atoms with E-state index in [0.29, 0.717) is 55.1 Å². The maximum absolute atomic E-state index is 13.0. The summed E-state index contributed by atoms with van der Waals surface area (Å²) < 4.78 is 22.1. The number of hydrogen-bond donors (Lipinski definition) is 1. The van der Waals surface area contributed by atoms with Crippen LogP contribution in [-0.2, 0) is 9.59 Å². The fraction of sp³-hybridized carbons (Fsp3) is 0.417. The first-order chi connectivity index (χ1) is 16.3. The molecule has 34 heavy (non-hydrogen) atoms. The Balaban J connectivity index is 2.35. The van der Waals surface area contributed by atoms with Crippen LogP contribution >= 0.6 is 11.6 Å². The number of ketones is 1. The molecule has 0 aromatic heterocycles. The van der Waals surface area contributed by atoms with E-state index in [1.54, 1.807) is 37.3 Å². The number of anilines is 1. The molecule has 1 atom stereocenters. The van der Waals surface area contributed by atoms with Crippen molar-refractivity contribution < 1.29 is 28.5 Å². The lowest BCUT2D eigenvalue weighted by molar-refractivity contribution is -0.126. The average molecular weight is 492 g/mol. The lowest BCUT2D eigenvalue weighted by Gasteiger charge is -2.17. The number of rotatable bonds is 13. The number of nitrogens with zero attached hydrogens (tertiary/aromatic N) is 2. The Morgan fingerprint density at radius 2 is 1.41 bits per heavy atom. The third-order valence-corrected chi connectivity index (χ3v) is 4.70. The molecule has 1 N–H and O–H groups in total. The van der Waals surface area contributed by atoms with E-state index < -0.39 is 17.7 Å². The van der Waals surface area contributed by atoms with Gasteiger partial charge in [-0.25, -0.2) is 0 Å². The largest absolute Gasteiger partial charge is 0.494 e. The third-order valence-electron chi connectivity index (χ3n) is 4.33. The quantitative estimate of drug-likeness (QED) is 0.288. The Morgan fingerprint density at radius 3 is 1.94 bits per heavy atom. The highest BCUT2D eigenvalue weighted by Crippen LogP contribution is 2.40. The van der Waals surface area contributed by atoms with Crippen molar-refractivity contribution in [1.82, 2.24) is 0 Å². The number of azo groups is 1. The molecule has 0 aliphatic rings. The summed E-state index contributed by atoms with van der Waals surface area (Å²) in [5.41, 5.74) is 0.567. The number of hydrogen-bond acceptors (Lipinski definition) is 8. The number of halogens is 1. The van der Waals surface area contributed by atoms with Gasteiger partial charge in [-0.1, -0.05) is 11.6 Å². The minimum absolute atomic E-state index is 0.158. The van der Waals surface area contributed by atoms with Gasteiger partial charge in [0.2, 0.25) is 6.04 Å². The maximum Gasteiger partial charge on any atom is 0.258 e. The van der Waals surface area contributed by atoms with Crippen LogP contribution in [-0.4, -0.2) is 44.2 Å². The van der Waals surface area contributed by atoms with Gasteiger partial charge in [0.1, 0.15) is 33.7 Å². The van der Waals surface area contributed by atoms with Crippen LogP contribution in [0.15, 0.2) is 40.6 Å². The van der Waals surface area contributed by atoms with Crippen molar-refractivity contribution >= 4 is 34.7 Å². The van der Waals surface area contributed by atoms with Crippen molar-refractivity contribution in [2.24, 2.45) is 10.2 Å². The van der Waals surface area contributed by atoms with Crippen LogP contribution in [0.2, 0.25) is 5.02 Å². The van der Waals surface area contributed by atoms with E-state index in [9.17, 15) is 9.59 Å². The molecular formula is C24H30ClN3O6. The summed E-state index contributed by atoms with van der Waals surface area (Å²) in [7, 11) is 0. The summed E-state index contributed by atoms with van der Waals surface area (Å²) in [5.74, 6) is 0.578. The molecule has 0 spiro atoms. The molecule has 9 nitrogen and oxygen atoms in total. The van der Waals surface area contributed by atoms with Crippen molar-refractivity contribution in [1.29, 1.82) is 0 Å². The fourth-order valence-corrected chi connectivity index (χ4v) is 3.21. The number of amides is 1. The van der Waals surface area contributed by atoms with Crippen molar-refractivity contribution in [3.05, 3.63) is 35.4 Å². The zero-order valence-corrected chi connectivity index (χ0v) is 20.8. The number of carbonyl (C=O) groups is 2. The molecular weight excluding hydrogens is 462 g/mol. The van der Waals surface area contributed by atoms with E-state index in [-0.39, 0.29) is 10.7 Å². The van der Waals surface area contributed by atoms with E-state index in [1.165, 1.54) is 6.92 Å². The minimum atomic E-state index is -1.41. The lowest BCUT2D eigenvalue weighted by Crippen LogP contribution is -2.32. The Labute approximate surface area is 204 Å². The highest BCUT2D eigenvalue weighted by atomic mass is 35.5. The van der Waals surface area contributed by atoms with Crippen molar-refractivity contribution in [2.45, 2.75) is 40.7 Å². The molecule has 2 rings (SSSR count). The molecule has 1 amide bonds. The average Bonchev–Trinajstić information content (AvgIpc) is 2.78. The normalized spacial score (nSPS) is 11.7. The second-order valence-corrected chi connectivity index (χ2v) is 7.24. The predicted octanol–water partition coefficient (Wildman–Crippen LogP) is 5.61. The van der Waals surface area contributed by atoms with Gasteiger partial charge in [-0.2, -0.15) is 10.2 Å². The number of Topliss-reactive ketones (excluding diaryl/α,β-unsaturated/α-hetero) is 1. The molecule has 0 heterocycles. The zero-order chi connectivity index (χ0) is 25.1. The van der Waals surface area contributed by atoms with Gasteiger partial charge in [-0.05, 0) is 46.8 Å². The highest BCUT2D eigenvalue weighted by molar-refractivity contribution is 6.35. The van der Waals surface area contributed by atoms with Gasteiger partial charge in [0.05, 0.1) is 32.1 Å². The smallest absolute Gasteiger partial charge is 0.258 e. The van der Waals surface area contributed by atoms with Crippen LogP contribution in [0.3, 0.4) is 0 Å². The van der Waals surface area contributed by atoms with E-state index in [2.05, 4.69) is 15.5 Å². The zero-order valence-electron chi connectivity index (χ0n) is 20.0. The molecule has 0 fully saturated rings. The molecule has 184 valence electrons. The summed E-state index contributed by atoms with van der Waals surface area (Å²) in [6.45, 7) is 10.2. The molecule has 1 unspecified atom stereocenters. The molecule has 10 heteroatoms. The van der Waals surface area contributed by atoms with E-state index in [4.69, 9.17) is 30.5 Å². The molecule has 0 aliphatic carbocycles. The number of benzene rings is 2. The Bertz CT molecular complexity index is 1000. The predicted molar refractivity (Wildman–Crippen MR) is 130 cm³/mol. The fourth-order valence-electron chi connectivity index (χ4n) is 2.95. The van der Waals surface area contributed by atoms with Crippen LogP contribution in [0.4, 0.5) is 11.4 Å². The van der Waals surface area contributed by atoms with Crippen LogP contribution in [0.5, 0.6) is 23.0 Å². The molecule has 0 saturated heterocycles. The van der Waals surface area contributed by atoms with Gasteiger partial charge in [-0.3, -0.25) is 9.59 Å². The maximum atomic E-state index is 13.0. The second-order valence-electron chi connectivity index (χ2n) is 6.86. The summed E-state index contributed by atoms with van der Waals surface area (Å²) in [4.78, 5) is 25.2. The monoisotopic (exact) mass is 491 g/mol.